The van der Waals surface area contributed by atoms with Crippen LogP contribution in [-0.2, 0) is 5.41 Å². The lowest BCUT2D eigenvalue weighted by molar-refractivity contribution is 0.475. The Labute approximate surface area is 95.6 Å². The molecule has 0 aliphatic heterocycles. The van der Waals surface area contributed by atoms with Crippen LogP contribution in [0.2, 0.25) is 5.02 Å². The van der Waals surface area contributed by atoms with Gasteiger partial charge in [0.05, 0.1) is 0 Å². The molecule has 15 heavy (non-hydrogen) atoms. The fraction of sp³-hybridized carbons (Fsp3) is 0.538. The summed E-state index contributed by atoms with van der Waals surface area (Å²) in [6.07, 6.45) is 5.16. The molecular weight excluding hydrogens is 206 g/mol. The molecular formula is C13H16ClN. The maximum atomic E-state index is 6.35. The summed E-state index contributed by atoms with van der Waals surface area (Å²) in [5.41, 5.74) is 9.13. The predicted molar refractivity (Wildman–Crippen MR) is 63.4 cm³/mol. The first-order valence-corrected chi connectivity index (χ1v) is 6.14. The van der Waals surface area contributed by atoms with E-state index in [0.29, 0.717) is 11.3 Å². The van der Waals surface area contributed by atoms with Crippen LogP contribution < -0.4 is 5.73 Å². The van der Waals surface area contributed by atoms with E-state index in [1.165, 1.54) is 36.8 Å². The quantitative estimate of drug-likeness (QED) is 0.775. The zero-order valence-electron chi connectivity index (χ0n) is 8.80. The summed E-state index contributed by atoms with van der Waals surface area (Å²) in [7, 11) is 0. The molecule has 1 unspecified atom stereocenters. The molecule has 1 atom stereocenters. The van der Waals surface area contributed by atoms with E-state index >= 15 is 0 Å². The highest BCUT2D eigenvalue weighted by Gasteiger charge is 2.49. The van der Waals surface area contributed by atoms with Gasteiger partial charge in [-0.1, -0.05) is 23.7 Å². The molecule has 0 aromatic heterocycles. The minimum Gasteiger partial charge on any atom is -0.330 e. The summed E-state index contributed by atoms with van der Waals surface area (Å²) in [5, 5.41) is 0.961. The third-order valence-corrected chi connectivity index (χ3v) is 4.44. The minimum absolute atomic E-state index is 0.444. The SMILES string of the molecule is NCC1CCC2(CC2)c2c(Cl)cccc21. The maximum Gasteiger partial charge on any atom is 0.0446 e. The van der Waals surface area contributed by atoms with Gasteiger partial charge in [-0.05, 0) is 60.8 Å². The van der Waals surface area contributed by atoms with E-state index in [1.807, 2.05) is 6.07 Å². The zero-order valence-corrected chi connectivity index (χ0v) is 9.56. The lowest BCUT2D eigenvalue weighted by Gasteiger charge is -2.32. The molecule has 1 aromatic rings. The molecule has 1 fully saturated rings. The van der Waals surface area contributed by atoms with E-state index in [2.05, 4.69) is 12.1 Å². The van der Waals surface area contributed by atoms with Gasteiger partial charge in [-0.15, -0.1) is 0 Å². The smallest absolute Gasteiger partial charge is 0.0446 e. The first kappa shape index (κ1) is 9.68. The Kier molecular flexibility index (Phi) is 2.08. The molecule has 80 valence electrons. The maximum absolute atomic E-state index is 6.35. The Bertz CT molecular complexity index is 396. The molecule has 1 nitrogen and oxygen atoms in total. The topological polar surface area (TPSA) is 26.0 Å². The van der Waals surface area contributed by atoms with Crippen molar-refractivity contribution in [3.8, 4) is 0 Å². The van der Waals surface area contributed by atoms with E-state index < -0.39 is 0 Å². The van der Waals surface area contributed by atoms with Crippen molar-refractivity contribution < 1.29 is 0 Å². The number of halogens is 1. The van der Waals surface area contributed by atoms with Crippen molar-refractivity contribution in [3.05, 3.63) is 34.3 Å². The van der Waals surface area contributed by atoms with Crippen LogP contribution >= 0.6 is 11.6 Å². The molecule has 3 rings (SSSR count). The van der Waals surface area contributed by atoms with E-state index in [-0.39, 0.29) is 0 Å². The molecule has 2 aliphatic carbocycles. The van der Waals surface area contributed by atoms with Gasteiger partial charge in [0.1, 0.15) is 0 Å². The summed E-state index contributed by atoms with van der Waals surface area (Å²) in [6, 6.07) is 6.31. The molecule has 1 aromatic carbocycles. The number of rotatable bonds is 1. The second kappa shape index (κ2) is 3.23. The van der Waals surface area contributed by atoms with E-state index in [4.69, 9.17) is 17.3 Å². The van der Waals surface area contributed by atoms with Crippen LogP contribution in [0, 0.1) is 0 Å². The largest absolute Gasteiger partial charge is 0.330 e. The van der Waals surface area contributed by atoms with Crippen molar-refractivity contribution in [1.29, 1.82) is 0 Å². The Morgan fingerprint density at radius 3 is 2.80 bits per heavy atom. The van der Waals surface area contributed by atoms with Crippen LogP contribution in [0.5, 0.6) is 0 Å². The fourth-order valence-electron chi connectivity index (χ4n) is 3.07. The van der Waals surface area contributed by atoms with Crippen molar-refractivity contribution in [1.82, 2.24) is 0 Å². The monoisotopic (exact) mass is 221 g/mol. The van der Waals surface area contributed by atoms with Crippen LogP contribution in [0.25, 0.3) is 0 Å². The highest BCUT2D eigenvalue weighted by molar-refractivity contribution is 6.31. The Balaban J connectivity index is 2.16. The lowest BCUT2D eigenvalue weighted by Crippen LogP contribution is -2.24. The van der Waals surface area contributed by atoms with E-state index in [0.717, 1.165) is 11.6 Å². The van der Waals surface area contributed by atoms with Gasteiger partial charge in [0.25, 0.3) is 0 Å². The highest BCUT2D eigenvalue weighted by Crippen LogP contribution is 2.59. The van der Waals surface area contributed by atoms with Crippen LogP contribution in [-0.4, -0.2) is 6.54 Å². The normalized spacial score (nSPS) is 26.4. The summed E-state index contributed by atoms with van der Waals surface area (Å²) < 4.78 is 0. The number of fused-ring (bicyclic) bond motifs is 2. The third kappa shape index (κ3) is 1.33. The second-order valence-electron chi connectivity index (χ2n) is 4.96. The van der Waals surface area contributed by atoms with Gasteiger partial charge < -0.3 is 5.73 Å². The van der Waals surface area contributed by atoms with Gasteiger partial charge in [-0.25, -0.2) is 0 Å². The predicted octanol–water partition coefficient (Wildman–Crippen LogP) is 3.21. The number of hydrogen-bond donors (Lipinski definition) is 1. The van der Waals surface area contributed by atoms with Gasteiger partial charge in [0, 0.05) is 5.02 Å². The number of benzene rings is 1. The molecule has 2 aliphatic rings. The highest BCUT2D eigenvalue weighted by atomic mass is 35.5. The van der Waals surface area contributed by atoms with Gasteiger partial charge in [0.15, 0.2) is 0 Å². The molecule has 2 heteroatoms. The lowest BCUT2D eigenvalue weighted by atomic mass is 9.74. The molecule has 2 N–H and O–H groups in total. The van der Waals surface area contributed by atoms with Gasteiger partial charge in [-0.3, -0.25) is 0 Å². The van der Waals surface area contributed by atoms with E-state index in [9.17, 15) is 0 Å². The Morgan fingerprint density at radius 1 is 1.33 bits per heavy atom. The summed E-state index contributed by atoms with van der Waals surface area (Å²) in [6.45, 7) is 0.753. The second-order valence-corrected chi connectivity index (χ2v) is 5.36. The molecule has 0 heterocycles. The fourth-order valence-corrected chi connectivity index (χ4v) is 3.45. The van der Waals surface area contributed by atoms with Crippen LogP contribution in [0.4, 0.5) is 0 Å². The molecule has 0 amide bonds. The van der Waals surface area contributed by atoms with Crippen molar-refractivity contribution in [2.24, 2.45) is 5.73 Å². The van der Waals surface area contributed by atoms with Crippen molar-refractivity contribution in [3.63, 3.8) is 0 Å². The van der Waals surface area contributed by atoms with E-state index in [1.54, 1.807) is 0 Å². The summed E-state index contributed by atoms with van der Waals surface area (Å²) in [5.74, 6) is 0.532. The molecule has 0 radical (unpaired) electrons. The minimum atomic E-state index is 0.444. The van der Waals surface area contributed by atoms with Gasteiger partial charge >= 0.3 is 0 Å². The Morgan fingerprint density at radius 2 is 2.13 bits per heavy atom. The number of nitrogens with two attached hydrogens (primary N) is 1. The Hall–Kier alpha value is -0.530. The average Bonchev–Trinajstić information content (AvgIpc) is 2.99. The zero-order chi connectivity index (χ0) is 10.5. The molecule has 1 saturated carbocycles. The van der Waals surface area contributed by atoms with Crippen LogP contribution in [0.3, 0.4) is 0 Å². The van der Waals surface area contributed by atoms with Crippen molar-refractivity contribution in [2.45, 2.75) is 37.0 Å². The first-order chi connectivity index (χ1) is 7.27. The van der Waals surface area contributed by atoms with Crippen LogP contribution in [0.15, 0.2) is 18.2 Å². The van der Waals surface area contributed by atoms with Crippen molar-refractivity contribution >= 4 is 11.6 Å². The summed E-state index contributed by atoms with van der Waals surface area (Å²) in [4.78, 5) is 0. The van der Waals surface area contributed by atoms with Gasteiger partial charge in [-0.2, -0.15) is 0 Å². The van der Waals surface area contributed by atoms with Crippen LogP contribution in [0.1, 0.15) is 42.7 Å². The first-order valence-electron chi connectivity index (χ1n) is 5.76. The van der Waals surface area contributed by atoms with Gasteiger partial charge in [0.2, 0.25) is 0 Å². The molecule has 0 bridgehead atoms. The third-order valence-electron chi connectivity index (χ3n) is 4.13. The standard InChI is InChI=1S/C13H16ClN/c14-11-3-1-2-10-9(8-15)4-5-13(6-7-13)12(10)11/h1-3,9H,4-8,15H2. The average molecular weight is 222 g/mol. The number of hydrogen-bond acceptors (Lipinski definition) is 1. The van der Waals surface area contributed by atoms with Crippen molar-refractivity contribution in [2.75, 3.05) is 6.54 Å². The molecule has 1 spiro atoms. The summed E-state index contributed by atoms with van der Waals surface area (Å²) >= 11 is 6.35. The molecule has 0 saturated heterocycles.